The minimum atomic E-state index is -1.06. The van der Waals surface area contributed by atoms with Gasteiger partial charge >= 0.3 is 11.6 Å². The summed E-state index contributed by atoms with van der Waals surface area (Å²) in [6.07, 6.45) is -1.06. The summed E-state index contributed by atoms with van der Waals surface area (Å²) < 4.78 is 33.7. The SMILES string of the molecule is CCOC(=O)[C@H]1Oc2c(c(=O)oc3ccccc23)[C@H]1c1cc(OC)c2c(c1)OCCO2. The van der Waals surface area contributed by atoms with Gasteiger partial charge in [0.1, 0.15) is 24.5 Å². The number of ether oxygens (including phenoxy) is 5. The van der Waals surface area contributed by atoms with Gasteiger partial charge in [0.25, 0.3) is 0 Å². The lowest BCUT2D eigenvalue weighted by molar-refractivity contribution is -0.151. The first-order valence-electron chi connectivity index (χ1n) is 9.99. The molecule has 2 aliphatic rings. The maximum atomic E-state index is 13.0. The molecule has 8 heteroatoms. The van der Waals surface area contributed by atoms with Crippen molar-refractivity contribution in [2.75, 3.05) is 26.9 Å². The van der Waals surface area contributed by atoms with Crippen molar-refractivity contribution in [3.05, 3.63) is 57.9 Å². The Morgan fingerprint density at radius 1 is 1.13 bits per heavy atom. The smallest absolute Gasteiger partial charge is 0.348 e. The van der Waals surface area contributed by atoms with Gasteiger partial charge in [-0.1, -0.05) is 12.1 Å². The molecular weight excluding hydrogens is 404 g/mol. The normalized spacial score (nSPS) is 18.9. The van der Waals surface area contributed by atoms with Crippen LogP contribution in [0.1, 0.15) is 24.0 Å². The summed E-state index contributed by atoms with van der Waals surface area (Å²) in [5.74, 6) is 0.384. The third kappa shape index (κ3) is 3.06. The first-order valence-corrected chi connectivity index (χ1v) is 9.99. The molecule has 2 aromatic carbocycles. The van der Waals surface area contributed by atoms with Crippen LogP contribution >= 0.6 is 0 Å². The zero-order valence-electron chi connectivity index (χ0n) is 17.0. The number of para-hydroxylation sites is 1. The van der Waals surface area contributed by atoms with Gasteiger partial charge in [0.05, 0.1) is 30.6 Å². The number of carbonyl (C=O) groups excluding carboxylic acids is 1. The van der Waals surface area contributed by atoms with E-state index in [1.54, 1.807) is 37.3 Å². The lowest BCUT2D eigenvalue weighted by Crippen LogP contribution is -2.32. The Morgan fingerprint density at radius 3 is 2.74 bits per heavy atom. The van der Waals surface area contributed by atoms with Crippen molar-refractivity contribution >= 4 is 16.9 Å². The molecule has 2 atom stereocenters. The van der Waals surface area contributed by atoms with Gasteiger partial charge in [-0.3, -0.25) is 0 Å². The van der Waals surface area contributed by atoms with Crippen molar-refractivity contribution < 1.29 is 32.9 Å². The molecule has 2 aliphatic heterocycles. The Morgan fingerprint density at radius 2 is 1.94 bits per heavy atom. The Bertz CT molecular complexity index is 1210. The van der Waals surface area contributed by atoms with Crippen LogP contribution in [0.15, 0.2) is 45.6 Å². The number of methoxy groups -OCH3 is 1. The molecule has 0 bridgehead atoms. The molecule has 0 amide bonds. The molecule has 31 heavy (non-hydrogen) atoms. The van der Waals surface area contributed by atoms with Crippen LogP contribution in [0.2, 0.25) is 0 Å². The van der Waals surface area contributed by atoms with E-state index in [-0.39, 0.29) is 12.2 Å². The topological polar surface area (TPSA) is 93.4 Å². The number of fused-ring (bicyclic) bond motifs is 4. The number of hydrogen-bond acceptors (Lipinski definition) is 8. The zero-order chi connectivity index (χ0) is 21.5. The van der Waals surface area contributed by atoms with Gasteiger partial charge < -0.3 is 28.1 Å². The molecule has 160 valence electrons. The molecule has 0 radical (unpaired) electrons. The first-order chi connectivity index (χ1) is 15.1. The van der Waals surface area contributed by atoms with Crippen LogP contribution in [0.5, 0.6) is 23.0 Å². The van der Waals surface area contributed by atoms with Gasteiger partial charge in [-0.05, 0) is 36.8 Å². The summed E-state index contributed by atoms with van der Waals surface area (Å²) in [6.45, 7) is 2.68. The number of benzene rings is 2. The highest BCUT2D eigenvalue weighted by molar-refractivity contribution is 5.88. The van der Waals surface area contributed by atoms with Crippen LogP contribution in [0.25, 0.3) is 11.0 Å². The van der Waals surface area contributed by atoms with E-state index < -0.39 is 23.6 Å². The van der Waals surface area contributed by atoms with Gasteiger partial charge in [0.15, 0.2) is 11.5 Å². The Balaban J connectivity index is 1.74. The van der Waals surface area contributed by atoms with Crippen LogP contribution in [-0.2, 0) is 9.53 Å². The quantitative estimate of drug-likeness (QED) is 0.466. The maximum Gasteiger partial charge on any atom is 0.348 e. The van der Waals surface area contributed by atoms with E-state index in [9.17, 15) is 9.59 Å². The highest BCUT2D eigenvalue weighted by Crippen LogP contribution is 2.48. The van der Waals surface area contributed by atoms with Gasteiger partial charge in [-0.15, -0.1) is 0 Å². The van der Waals surface area contributed by atoms with E-state index in [1.807, 2.05) is 6.07 Å². The molecule has 0 unspecified atom stereocenters. The van der Waals surface area contributed by atoms with E-state index in [2.05, 4.69) is 0 Å². The molecule has 0 saturated heterocycles. The van der Waals surface area contributed by atoms with E-state index in [0.29, 0.717) is 52.7 Å². The van der Waals surface area contributed by atoms with E-state index >= 15 is 0 Å². The number of esters is 1. The molecule has 3 aromatic rings. The summed E-state index contributed by atoms with van der Waals surface area (Å²) in [5, 5.41) is 0.610. The molecule has 1 aromatic heterocycles. The predicted molar refractivity (Wildman–Crippen MR) is 109 cm³/mol. The summed E-state index contributed by atoms with van der Waals surface area (Å²) in [6, 6.07) is 10.5. The van der Waals surface area contributed by atoms with Crippen molar-refractivity contribution in [3.8, 4) is 23.0 Å². The fraction of sp³-hybridized carbons (Fsp3) is 0.304. The minimum absolute atomic E-state index is 0.182. The van der Waals surface area contributed by atoms with Crippen LogP contribution in [-0.4, -0.2) is 39.0 Å². The van der Waals surface area contributed by atoms with Gasteiger partial charge in [-0.2, -0.15) is 0 Å². The van der Waals surface area contributed by atoms with Crippen molar-refractivity contribution in [2.45, 2.75) is 18.9 Å². The molecule has 0 saturated carbocycles. The average molecular weight is 424 g/mol. The number of carbonyl (C=O) groups is 1. The van der Waals surface area contributed by atoms with Crippen molar-refractivity contribution in [2.24, 2.45) is 0 Å². The molecule has 5 rings (SSSR count). The monoisotopic (exact) mass is 424 g/mol. The molecule has 3 heterocycles. The summed E-state index contributed by atoms with van der Waals surface area (Å²) in [4.78, 5) is 25.8. The molecule has 0 N–H and O–H groups in total. The highest BCUT2D eigenvalue weighted by Gasteiger charge is 2.45. The second-order valence-electron chi connectivity index (χ2n) is 7.14. The van der Waals surface area contributed by atoms with Crippen LogP contribution in [0.4, 0.5) is 0 Å². The van der Waals surface area contributed by atoms with Crippen LogP contribution in [0.3, 0.4) is 0 Å². The molecule has 0 fully saturated rings. The van der Waals surface area contributed by atoms with Gasteiger partial charge in [0, 0.05) is 0 Å². The third-order valence-electron chi connectivity index (χ3n) is 5.39. The van der Waals surface area contributed by atoms with Crippen molar-refractivity contribution in [3.63, 3.8) is 0 Å². The third-order valence-corrected chi connectivity index (χ3v) is 5.39. The summed E-state index contributed by atoms with van der Waals surface area (Å²) in [5.41, 5.74) is 0.671. The molecule has 8 nitrogen and oxygen atoms in total. The van der Waals surface area contributed by atoms with E-state index in [0.717, 1.165) is 0 Å². The molecule has 0 spiro atoms. The standard InChI is InChI=1S/C23H20O8/c1-3-27-23(25)21-17(12-10-15(26-2)20-16(11-12)28-8-9-29-20)18-19(31-21)13-6-4-5-7-14(13)30-22(18)24/h4-7,10-11,17,21H,3,8-9H2,1-2H3/t17-,21+/m1/s1. The predicted octanol–water partition coefficient (Wildman–Crippen LogP) is 3.03. The van der Waals surface area contributed by atoms with Gasteiger partial charge in [-0.25, -0.2) is 9.59 Å². The second-order valence-corrected chi connectivity index (χ2v) is 7.14. The summed E-state index contributed by atoms with van der Waals surface area (Å²) in [7, 11) is 1.52. The highest BCUT2D eigenvalue weighted by atomic mass is 16.6. The number of hydrogen-bond donors (Lipinski definition) is 0. The minimum Gasteiger partial charge on any atom is -0.493 e. The fourth-order valence-corrected chi connectivity index (χ4v) is 4.10. The lowest BCUT2D eigenvalue weighted by Gasteiger charge is -2.24. The Hall–Kier alpha value is -3.68. The second kappa shape index (κ2) is 7.54. The van der Waals surface area contributed by atoms with E-state index in [1.165, 1.54) is 7.11 Å². The van der Waals surface area contributed by atoms with Crippen molar-refractivity contribution in [1.82, 2.24) is 0 Å². The Labute approximate surface area is 177 Å². The Kier molecular flexibility index (Phi) is 4.69. The number of rotatable bonds is 4. The lowest BCUT2D eigenvalue weighted by atomic mass is 9.88. The average Bonchev–Trinajstić information content (AvgIpc) is 3.20. The van der Waals surface area contributed by atoms with Gasteiger partial charge in [0.2, 0.25) is 11.9 Å². The van der Waals surface area contributed by atoms with Crippen molar-refractivity contribution in [1.29, 1.82) is 0 Å². The summed E-state index contributed by atoms with van der Waals surface area (Å²) >= 11 is 0. The molecular formula is C23H20O8. The van der Waals surface area contributed by atoms with E-state index in [4.69, 9.17) is 28.1 Å². The maximum absolute atomic E-state index is 13.0. The largest absolute Gasteiger partial charge is 0.493 e. The fourth-order valence-electron chi connectivity index (χ4n) is 4.10. The van der Waals surface area contributed by atoms with Crippen LogP contribution in [0, 0.1) is 0 Å². The zero-order valence-corrected chi connectivity index (χ0v) is 17.0. The van der Waals surface area contributed by atoms with Crippen LogP contribution < -0.4 is 24.6 Å². The molecule has 0 aliphatic carbocycles. The first kappa shape index (κ1) is 19.3.